The molecule has 2 heterocycles. The first-order chi connectivity index (χ1) is 8.47. The number of thioether (sulfide) groups is 1. The maximum atomic E-state index is 12.0. The summed E-state index contributed by atoms with van der Waals surface area (Å²) < 4.78 is 0. The van der Waals surface area contributed by atoms with Gasteiger partial charge in [0.1, 0.15) is 11.1 Å². The summed E-state index contributed by atoms with van der Waals surface area (Å²) in [6, 6.07) is -0.425. The number of carboxylic acids is 1. The van der Waals surface area contributed by atoms with Gasteiger partial charge in [0.15, 0.2) is 6.04 Å². The molecule has 0 aromatic rings. The minimum atomic E-state index is -1.04. The molecule has 2 aliphatic heterocycles. The second-order valence-electron chi connectivity index (χ2n) is 4.32. The van der Waals surface area contributed by atoms with E-state index in [4.69, 9.17) is 0 Å². The van der Waals surface area contributed by atoms with Crippen LogP contribution in [-0.2, 0) is 9.59 Å². The number of carbonyl (C=O) groups excluding carboxylic acids is 1. The van der Waals surface area contributed by atoms with Gasteiger partial charge in [-0.05, 0) is 19.4 Å². The van der Waals surface area contributed by atoms with Crippen molar-refractivity contribution >= 4 is 62.3 Å². The molecule has 0 aromatic heterocycles. The summed E-state index contributed by atoms with van der Waals surface area (Å²) in [4.78, 5) is 28.9. The van der Waals surface area contributed by atoms with Gasteiger partial charge in [0.05, 0.1) is 0 Å². The van der Waals surface area contributed by atoms with E-state index in [2.05, 4.69) is 20.9 Å². The Morgan fingerprint density at radius 3 is 2.68 bits per heavy atom. The van der Waals surface area contributed by atoms with E-state index in [1.807, 2.05) is 13.8 Å². The highest BCUT2D eigenvalue weighted by atomic mass is 79.9. The lowest BCUT2D eigenvalue weighted by Gasteiger charge is -2.47. The maximum Gasteiger partial charge on any atom is 0.352 e. The number of amides is 1. The Morgan fingerprint density at radius 1 is 1.58 bits per heavy atom. The summed E-state index contributed by atoms with van der Waals surface area (Å²) in [5.41, 5.74) is 1.70. The van der Waals surface area contributed by atoms with E-state index in [9.17, 15) is 14.7 Å². The van der Waals surface area contributed by atoms with E-state index >= 15 is 0 Å². The number of nitrogens with zero attached hydrogens (tertiary/aromatic N) is 2. The minimum Gasteiger partial charge on any atom is -0.477 e. The molecule has 0 spiro atoms. The van der Waals surface area contributed by atoms with Crippen LogP contribution in [0.5, 0.6) is 0 Å². The summed E-state index contributed by atoms with van der Waals surface area (Å²) in [6.07, 6.45) is 0. The van der Waals surface area contributed by atoms with Crippen LogP contribution in [0.4, 0.5) is 0 Å². The lowest BCUT2D eigenvalue weighted by molar-refractivity contribution is -0.147. The molecule has 1 N–H and O–H groups in total. The maximum absolute atomic E-state index is 12.0. The number of β-lactam (4-membered cyclic amide) rings is 1. The second kappa shape index (κ2) is 6.41. The molecule has 1 fully saturated rings. The van der Waals surface area contributed by atoms with Crippen LogP contribution < -0.4 is 0 Å². The van der Waals surface area contributed by atoms with Crippen molar-refractivity contribution < 1.29 is 14.7 Å². The number of halogens is 2. The number of alkyl halides is 1. The van der Waals surface area contributed by atoms with Gasteiger partial charge in [0.2, 0.25) is 0 Å². The van der Waals surface area contributed by atoms with Crippen LogP contribution in [0, 0.1) is 0 Å². The average Bonchev–Trinajstić information content (AvgIpc) is 2.33. The van der Waals surface area contributed by atoms with Crippen molar-refractivity contribution in [2.45, 2.75) is 25.3 Å². The molecule has 0 radical (unpaired) electrons. The molecule has 1 amide bonds. The fourth-order valence-corrected chi connectivity index (χ4v) is 4.08. The van der Waals surface area contributed by atoms with Crippen molar-refractivity contribution in [1.82, 2.24) is 4.90 Å². The molecule has 0 bridgehead atoms. The Balaban J connectivity index is 0.00000180. The third-order valence-corrected chi connectivity index (χ3v) is 4.78. The zero-order valence-corrected chi connectivity index (χ0v) is 14.5. The number of fused-ring (bicyclic) bond motifs is 1. The van der Waals surface area contributed by atoms with E-state index in [1.54, 1.807) is 11.8 Å². The van der Waals surface area contributed by atoms with Gasteiger partial charge in [-0.1, -0.05) is 15.9 Å². The van der Waals surface area contributed by atoms with Crippen LogP contribution in [0.15, 0.2) is 16.3 Å². The topological polar surface area (TPSA) is 70.0 Å². The van der Waals surface area contributed by atoms with Gasteiger partial charge >= 0.3 is 5.97 Å². The summed E-state index contributed by atoms with van der Waals surface area (Å²) >= 11 is 4.83. The van der Waals surface area contributed by atoms with Crippen LogP contribution in [0.3, 0.4) is 0 Å². The fourth-order valence-electron chi connectivity index (χ4n) is 2.03. The van der Waals surface area contributed by atoms with Crippen molar-refractivity contribution in [2.24, 2.45) is 4.99 Å². The fraction of sp³-hybridized carbons (Fsp3) is 0.545. The standard InChI is InChI=1S/C11H13BrN2O3S.BrH/c1-5(2)13-7-9(15)14-8(11(16)17)6(3-12)4-18-10(7)14;/h7,10H,3-4H2,1-2H3,(H,16,17);1H/t7-,10+;/m1./s1. The van der Waals surface area contributed by atoms with E-state index in [-0.39, 0.29) is 34.0 Å². The molecular weight excluding hydrogens is 400 g/mol. The number of aliphatic imine (C=N–C) groups is 1. The van der Waals surface area contributed by atoms with Gasteiger partial charge in [0, 0.05) is 16.8 Å². The van der Waals surface area contributed by atoms with E-state index in [0.29, 0.717) is 11.1 Å². The summed E-state index contributed by atoms with van der Waals surface area (Å²) in [5.74, 6) is -0.640. The molecule has 2 aliphatic rings. The van der Waals surface area contributed by atoms with Gasteiger partial charge in [-0.15, -0.1) is 28.7 Å². The lowest BCUT2D eigenvalue weighted by atomic mass is 10.0. The first kappa shape index (κ1) is 16.7. The third kappa shape index (κ3) is 2.90. The van der Waals surface area contributed by atoms with Crippen molar-refractivity contribution in [3.63, 3.8) is 0 Å². The minimum absolute atomic E-state index is 0. The van der Waals surface area contributed by atoms with Crippen LogP contribution in [0.25, 0.3) is 0 Å². The summed E-state index contributed by atoms with van der Waals surface area (Å²) in [5, 5.41) is 9.54. The molecule has 2 atom stereocenters. The highest BCUT2D eigenvalue weighted by Crippen LogP contribution is 2.42. The Bertz CT molecular complexity index is 475. The first-order valence-corrected chi connectivity index (χ1v) is 7.61. The molecule has 8 heteroatoms. The van der Waals surface area contributed by atoms with Crippen molar-refractivity contribution in [1.29, 1.82) is 0 Å². The van der Waals surface area contributed by atoms with Crippen LogP contribution in [0.2, 0.25) is 0 Å². The quantitative estimate of drug-likeness (QED) is 0.436. The highest BCUT2D eigenvalue weighted by molar-refractivity contribution is 9.09. The number of hydrogen-bond acceptors (Lipinski definition) is 4. The van der Waals surface area contributed by atoms with Crippen molar-refractivity contribution in [2.75, 3.05) is 11.1 Å². The predicted octanol–water partition coefficient (Wildman–Crippen LogP) is 2.06. The smallest absolute Gasteiger partial charge is 0.352 e. The number of carboxylic acid groups (broad SMARTS) is 1. The van der Waals surface area contributed by atoms with Crippen LogP contribution >= 0.6 is 44.7 Å². The molecule has 0 unspecified atom stereocenters. The van der Waals surface area contributed by atoms with Gasteiger partial charge < -0.3 is 5.11 Å². The van der Waals surface area contributed by atoms with Crippen LogP contribution in [0.1, 0.15) is 13.8 Å². The Kier molecular flexibility index (Phi) is 5.64. The lowest BCUT2D eigenvalue weighted by Crippen LogP contribution is -2.64. The zero-order chi connectivity index (χ0) is 13.4. The highest BCUT2D eigenvalue weighted by Gasteiger charge is 2.53. The average molecular weight is 414 g/mol. The monoisotopic (exact) mass is 412 g/mol. The van der Waals surface area contributed by atoms with E-state index < -0.39 is 12.0 Å². The Morgan fingerprint density at radius 2 is 2.21 bits per heavy atom. The molecule has 0 aliphatic carbocycles. The Labute approximate surface area is 134 Å². The van der Waals surface area contributed by atoms with Crippen molar-refractivity contribution in [3.05, 3.63) is 11.3 Å². The number of aliphatic carboxylic acids is 1. The van der Waals surface area contributed by atoms with Crippen molar-refractivity contribution in [3.8, 4) is 0 Å². The van der Waals surface area contributed by atoms with E-state index in [0.717, 1.165) is 11.3 Å². The largest absolute Gasteiger partial charge is 0.477 e. The SMILES string of the molecule is Br.CC(C)=N[C@@H]1C(=O)N2C(C(=O)O)=C(CBr)CS[C@@H]12. The first-order valence-electron chi connectivity index (χ1n) is 5.44. The molecule has 1 saturated heterocycles. The third-order valence-electron chi connectivity index (χ3n) is 2.78. The molecule has 2 rings (SSSR count). The molecule has 5 nitrogen and oxygen atoms in total. The summed E-state index contributed by atoms with van der Waals surface area (Å²) in [6.45, 7) is 3.67. The normalized spacial score (nSPS) is 25.2. The molecule has 0 saturated carbocycles. The predicted molar refractivity (Wildman–Crippen MR) is 84.4 cm³/mol. The molecular formula is C11H14Br2N2O3S. The van der Waals surface area contributed by atoms with Gasteiger partial charge in [-0.25, -0.2) is 4.79 Å². The molecule has 106 valence electrons. The number of hydrogen-bond donors (Lipinski definition) is 1. The second-order valence-corrected chi connectivity index (χ2v) is 5.99. The number of rotatable bonds is 3. The van der Waals surface area contributed by atoms with Gasteiger partial charge in [-0.2, -0.15) is 0 Å². The summed E-state index contributed by atoms with van der Waals surface area (Å²) in [7, 11) is 0. The van der Waals surface area contributed by atoms with E-state index in [1.165, 1.54) is 4.90 Å². The zero-order valence-electron chi connectivity index (χ0n) is 10.4. The molecule has 19 heavy (non-hydrogen) atoms. The van der Waals surface area contributed by atoms with Gasteiger partial charge in [-0.3, -0.25) is 14.7 Å². The van der Waals surface area contributed by atoms with Crippen LogP contribution in [-0.4, -0.2) is 50.1 Å². The Hall–Kier alpha value is -0.340. The number of carbonyl (C=O) groups is 2. The van der Waals surface area contributed by atoms with Gasteiger partial charge in [0.25, 0.3) is 5.91 Å². The molecule has 0 aromatic carbocycles.